The Bertz CT molecular complexity index is 362. The van der Waals surface area contributed by atoms with Gasteiger partial charge < -0.3 is 10.4 Å². The lowest BCUT2D eigenvalue weighted by Gasteiger charge is -2.14. The van der Waals surface area contributed by atoms with Crippen LogP contribution < -0.4 is 5.32 Å². The first kappa shape index (κ1) is 14.5. The van der Waals surface area contributed by atoms with Crippen LogP contribution in [0, 0.1) is 0 Å². The van der Waals surface area contributed by atoms with E-state index in [1.54, 1.807) is 6.07 Å². The third-order valence-electron chi connectivity index (χ3n) is 1.82. The zero-order chi connectivity index (χ0) is 12.9. The van der Waals surface area contributed by atoms with Gasteiger partial charge in [-0.05, 0) is 23.9 Å². The molecule has 2 nitrogen and oxygen atoms in total. The molecule has 0 fully saturated rings. The zero-order valence-electron chi connectivity index (χ0n) is 8.67. The molecule has 0 aromatic heterocycles. The molecule has 1 rings (SSSR count). The first-order valence-electron chi connectivity index (χ1n) is 4.75. The van der Waals surface area contributed by atoms with Gasteiger partial charge in [0.1, 0.15) is 0 Å². The molecule has 17 heavy (non-hydrogen) atoms. The number of thioether (sulfide) groups is 1. The number of rotatable bonds is 5. The molecule has 0 aliphatic heterocycles. The van der Waals surface area contributed by atoms with Gasteiger partial charge in [0.05, 0.1) is 12.0 Å². The fourth-order valence-electron chi connectivity index (χ4n) is 1.11. The van der Waals surface area contributed by atoms with E-state index in [9.17, 15) is 18.3 Å². The van der Waals surface area contributed by atoms with Crippen LogP contribution in [0.2, 0.25) is 0 Å². The number of para-hydroxylation sites is 1. The van der Waals surface area contributed by atoms with Crippen molar-refractivity contribution in [2.45, 2.75) is 16.5 Å². The van der Waals surface area contributed by atoms with Gasteiger partial charge in [-0.1, -0.05) is 12.1 Å². The van der Waals surface area contributed by atoms with E-state index in [1.807, 2.05) is 0 Å². The Morgan fingerprint density at radius 3 is 2.59 bits per heavy atom. The van der Waals surface area contributed by atoms with Gasteiger partial charge in [0, 0.05) is 17.1 Å². The predicted octanol–water partition coefficient (Wildman–Crippen LogP) is 3.31. The minimum Gasteiger partial charge on any atom is -0.390 e. The number of aliphatic hydroxyl groups is 1. The largest absolute Gasteiger partial charge is 0.446 e. The molecule has 96 valence electrons. The Hall–Kier alpha value is -0.590. The molecule has 1 aromatic carbocycles. The average molecular weight is 286 g/mol. The van der Waals surface area contributed by atoms with E-state index in [-0.39, 0.29) is 29.1 Å². The molecule has 2 N–H and O–H groups in total. The van der Waals surface area contributed by atoms with E-state index in [2.05, 4.69) is 5.32 Å². The molecule has 0 aliphatic carbocycles. The fraction of sp³-hybridized carbons (Fsp3) is 0.400. The van der Waals surface area contributed by atoms with Gasteiger partial charge in [-0.15, -0.1) is 11.6 Å². The first-order chi connectivity index (χ1) is 7.92. The summed E-state index contributed by atoms with van der Waals surface area (Å²) in [6, 6.07) is 6.04. The minimum atomic E-state index is -4.33. The summed E-state index contributed by atoms with van der Waals surface area (Å²) in [6.45, 7) is 0.110. The van der Waals surface area contributed by atoms with Crippen LogP contribution in [0.1, 0.15) is 0 Å². The molecule has 0 saturated heterocycles. The Morgan fingerprint density at radius 2 is 2.00 bits per heavy atom. The van der Waals surface area contributed by atoms with Crippen molar-refractivity contribution in [1.29, 1.82) is 0 Å². The fourth-order valence-corrected chi connectivity index (χ4v) is 1.86. The first-order valence-corrected chi connectivity index (χ1v) is 6.10. The van der Waals surface area contributed by atoms with Gasteiger partial charge >= 0.3 is 5.51 Å². The highest BCUT2D eigenvalue weighted by Crippen LogP contribution is 2.40. The normalized spacial score (nSPS) is 13.5. The smallest absolute Gasteiger partial charge is 0.390 e. The molecule has 0 bridgehead atoms. The van der Waals surface area contributed by atoms with Crippen molar-refractivity contribution in [3.8, 4) is 0 Å². The van der Waals surface area contributed by atoms with Crippen LogP contribution in [-0.2, 0) is 0 Å². The van der Waals surface area contributed by atoms with E-state index in [1.165, 1.54) is 18.2 Å². The SMILES string of the molecule is OC(CCl)CNc1ccccc1SC(F)(F)F. The highest BCUT2D eigenvalue weighted by atomic mass is 35.5. The molecule has 0 amide bonds. The van der Waals surface area contributed by atoms with Crippen LogP contribution in [0.25, 0.3) is 0 Å². The summed E-state index contributed by atoms with van der Waals surface area (Å²) in [4.78, 5) is 0.0711. The van der Waals surface area contributed by atoms with Crippen molar-refractivity contribution in [1.82, 2.24) is 0 Å². The molecular weight excluding hydrogens is 275 g/mol. The van der Waals surface area contributed by atoms with Crippen molar-refractivity contribution in [3.05, 3.63) is 24.3 Å². The number of benzene rings is 1. The Morgan fingerprint density at radius 1 is 1.35 bits per heavy atom. The average Bonchev–Trinajstić information content (AvgIpc) is 2.25. The summed E-state index contributed by atoms with van der Waals surface area (Å²) in [6.07, 6.45) is -0.791. The van der Waals surface area contributed by atoms with Crippen LogP contribution >= 0.6 is 23.4 Å². The lowest BCUT2D eigenvalue weighted by atomic mass is 10.3. The second-order valence-electron chi connectivity index (χ2n) is 3.23. The lowest BCUT2D eigenvalue weighted by molar-refractivity contribution is -0.0327. The molecule has 1 unspecified atom stereocenters. The van der Waals surface area contributed by atoms with Crippen molar-refractivity contribution in [2.75, 3.05) is 17.7 Å². The van der Waals surface area contributed by atoms with E-state index >= 15 is 0 Å². The van der Waals surface area contributed by atoms with Gasteiger partial charge in [0.2, 0.25) is 0 Å². The van der Waals surface area contributed by atoms with Gasteiger partial charge in [-0.25, -0.2) is 0 Å². The van der Waals surface area contributed by atoms with Gasteiger partial charge in [-0.3, -0.25) is 0 Å². The molecule has 0 aliphatic rings. The monoisotopic (exact) mass is 285 g/mol. The molecule has 0 saturated carbocycles. The van der Waals surface area contributed by atoms with Crippen LogP contribution in [0.15, 0.2) is 29.2 Å². The molecule has 0 heterocycles. The maximum atomic E-state index is 12.3. The predicted molar refractivity (Wildman–Crippen MR) is 63.6 cm³/mol. The number of nitrogens with one attached hydrogen (secondary N) is 1. The van der Waals surface area contributed by atoms with Crippen molar-refractivity contribution >= 4 is 29.1 Å². The van der Waals surface area contributed by atoms with Gasteiger partial charge in [0.25, 0.3) is 0 Å². The number of hydrogen-bond donors (Lipinski definition) is 2. The van der Waals surface area contributed by atoms with E-state index in [0.29, 0.717) is 5.69 Å². The number of alkyl halides is 4. The second-order valence-corrected chi connectivity index (χ2v) is 4.65. The standard InChI is InChI=1S/C10H11ClF3NOS/c11-5-7(16)6-15-8-3-1-2-4-9(8)17-10(12,13)14/h1-4,7,15-16H,5-6H2. The van der Waals surface area contributed by atoms with Gasteiger partial charge in [0.15, 0.2) is 0 Å². The molecular formula is C10H11ClF3NOS. The zero-order valence-corrected chi connectivity index (χ0v) is 10.2. The Balaban J connectivity index is 2.71. The number of hydrogen-bond acceptors (Lipinski definition) is 3. The maximum Gasteiger partial charge on any atom is 0.446 e. The Labute approximate surface area is 106 Å². The summed E-state index contributed by atoms with van der Waals surface area (Å²) in [5.74, 6) is 0.0293. The van der Waals surface area contributed by atoms with E-state index < -0.39 is 11.6 Å². The van der Waals surface area contributed by atoms with Gasteiger partial charge in [-0.2, -0.15) is 13.2 Å². The third kappa shape index (κ3) is 5.52. The number of halogens is 4. The molecule has 1 atom stereocenters. The summed E-state index contributed by atoms with van der Waals surface area (Å²) in [7, 11) is 0. The van der Waals surface area contributed by atoms with Crippen molar-refractivity contribution in [2.24, 2.45) is 0 Å². The summed E-state index contributed by atoms with van der Waals surface area (Å²) < 4.78 is 36.8. The summed E-state index contributed by atoms with van der Waals surface area (Å²) in [5.41, 5.74) is -4.00. The second kappa shape index (κ2) is 6.37. The summed E-state index contributed by atoms with van der Waals surface area (Å²) in [5, 5.41) is 12.0. The number of anilines is 1. The molecule has 1 aromatic rings. The van der Waals surface area contributed by atoms with E-state index in [0.717, 1.165) is 0 Å². The minimum absolute atomic E-state index is 0.0293. The Kier molecular flexibility index (Phi) is 5.42. The summed E-state index contributed by atoms with van der Waals surface area (Å²) >= 11 is 5.20. The number of aliphatic hydroxyl groups excluding tert-OH is 1. The van der Waals surface area contributed by atoms with Crippen LogP contribution in [0.4, 0.5) is 18.9 Å². The molecule has 0 spiro atoms. The van der Waals surface area contributed by atoms with E-state index in [4.69, 9.17) is 11.6 Å². The molecule has 0 radical (unpaired) electrons. The van der Waals surface area contributed by atoms with Crippen molar-refractivity contribution in [3.63, 3.8) is 0 Å². The quantitative estimate of drug-likeness (QED) is 0.643. The topological polar surface area (TPSA) is 32.3 Å². The van der Waals surface area contributed by atoms with Crippen LogP contribution in [0.5, 0.6) is 0 Å². The maximum absolute atomic E-state index is 12.3. The van der Waals surface area contributed by atoms with Crippen molar-refractivity contribution < 1.29 is 18.3 Å². The third-order valence-corrected chi connectivity index (χ3v) is 2.98. The lowest BCUT2D eigenvalue weighted by Crippen LogP contribution is -2.21. The molecule has 7 heteroatoms. The van der Waals surface area contributed by atoms with Crippen LogP contribution in [0.3, 0.4) is 0 Å². The van der Waals surface area contributed by atoms with Crippen LogP contribution in [-0.4, -0.2) is 29.1 Å². The highest BCUT2D eigenvalue weighted by molar-refractivity contribution is 8.00. The highest BCUT2D eigenvalue weighted by Gasteiger charge is 2.30.